The van der Waals surface area contributed by atoms with Crippen LogP contribution < -0.4 is 19.5 Å². The second-order valence-corrected chi connectivity index (χ2v) is 6.81. The van der Waals surface area contributed by atoms with Crippen molar-refractivity contribution in [2.45, 2.75) is 6.54 Å². The van der Waals surface area contributed by atoms with Gasteiger partial charge in [-0.05, 0) is 29.8 Å². The summed E-state index contributed by atoms with van der Waals surface area (Å²) in [6.45, 7) is 0.436. The Labute approximate surface area is 178 Å². The predicted octanol–water partition coefficient (Wildman–Crippen LogP) is 4.52. The van der Waals surface area contributed by atoms with E-state index in [1.807, 2.05) is 6.07 Å². The molecule has 29 heavy (non-hydrogen) atoms. The molecule has 7 nitrogen and oxygen atoms in total. The maximum absolute atomic E-state index is 12.7. The normalized spacial score (nSPS) is 10.5. The Balaban J connectivity index is 1.78. The quantitative estimate of drug-likeness (QED) is 0.590. The smallest absolute Gasteiger partial charge is 0.260 e. The summed E-state index contributed by atoms with van der Waals surface area (Å²) in [6.07, 6.45) is 1.74. The Hall–Kier alpha value is -2.90. The molecule has 9 heteroatoms. The van der Waals surface area contributed by atoms with Crippen LogP contribution in [-0.2, 0) is 6.54 Å². The van der Waals surface area contributed by atoms with E-state index in [4.69, 9.17) is 37.4 Å². The lowest BCUT2D eigenvalue weighted by molar-refractivity contribution is 0.102. The molecule has 2 aromatic carbocycles. The number of carbonyl (C=O) groups excluding carboxylic acids is 1. The van der Waals surface area contributed by atoms with Crippen LogP contribution in [0.3, 0.4) is 0 Å². The molecule has 1 N–H and O–H groups in total. The summed E-state index contributed by atoms with van der Waals surface area (Å²) >= 11 is 12.1. The first-order chi connectivity index (χ1) is 14.0. The number of ether oxygens (including phenoxy) is 3. The average Bonchev–Trinajstić information content (AvgIpc) is 3.15. The van der Waals surface area contributed by atoms with Gasteiger partial charge >= 0.3 is 0 Å². The van der Waals surface area contributed by atoms with Crippen LogP contribution in [0.1, 0.15) is 15.9 Å². The number of benzene rings is 2. The maximum atomic E-state index is 12.7. The van der Waals surface area contributed by atoms with Crippen molar-refractivity contribution in [3.63, 3.8) is 0 Å². The summed E-state index contributed by atoms with van der Waals surface area (Å²) in [5.41, 5.74) is 1.15. The zero-order chi connectivity index (χ0) is 21.0. The van der Waals surface area contributed by atoms with Crippen LogP contribution in [0.25, 0.3) is 0 Å². The molecule has 0 fully saturated rings. The third kappa shape index (κ3) is 4.58. The van der Waals surface area contributed by atoms with Crippen molar-refractivity contribution in [3.8, 4) is 17.2 Å². The summed E-state index contributed by atoms with van der Waals surface area (Å²) in [7, 11) is 4.45. The zero-order valence-corrected chi connectivity index (χ0v) is 17.5. The van der Waals surface area contributed by atoms with Crippen molar-refractivity contribution in [2.24, 2.45) is 0 Å². The molecule has 0 aliphatic rings. The van der Waals surface area contributed by atoms with E-state index in [2.05, 4.69) is 10.4 Å². The molecule has 0 unspecified atom stereocenters. The van der Waals surface area contributed by atoms with Gasteiger partial charge in [-0.2, -0.15) is 5.10 Å². The monoisotopic (exact) mass is 435 g/mol. The first-order valence-electron chi connectivity index (χ1n) is 8.54. The minimum atomic E-state index is -0.391. The van der Waals surface area contributed by atoms with Gasteiger partial charge in [-0.3, -0.25) is 9.48 Å². The van der Waals surface area contributed by atoms with E-state index in [1.165, 1.54) is 21.3 Å². The number of nitrogens with one attached hydrogen (secondary N) is 1. The second-order valence-electron chi connectivity index (χ2n) is 5.97. The fourth-order valence-electron chi connectivity index (χ4n) is 2.80. The standard InChI is InChI=1S/C20H19Cl2N3O4/c1-27-16-7-6-14(18(28-2)19(16)29-3)20(26)23-17-8-9-25(24-17)11-12-4-5-13(21)10-15(12)22/h4-10H,11H2,1-3H3,(H,23,24,26). The van der Waals surface area contributed by atoms with Crippen LogP contribution in [-0.4, -0.2) is 37.0 Å². The fourth-order valence-corrected chi connectivity index (χ4v) is 3.27. The molecule has 1 heterocycles. The number of aromatic nitrogens is 2. The van der Waals surface area contributed by atoms with Crippen LogP contribution in [0.5, 0.6) is 17.2 Å². The SMILES string of the molecule is COc1ccc(C(=O)Nc2ccn(Cc3ccc(Cl)cc3Cl)n2)c(OC)c1OC. The van der Waals surface area contributed by atoms with Crippen molar-refractivity contribution in [3.05, 3.63) is 63.8 Å². The fraction of sp³-hybridized carbons (Fsp3) is 0.200. The number of halogens is 2. The van der Waals surface area contributed by atoms with E-state index >= 15 is 0 Å². The van der Waals surface area contributed by atoms with E-state index in [-0.39, 0.29) is 5.75 Å². The van der Waals surface area contributed by atoms with Gasteiger partial charge in [0.2, 0.25) is 5.75 Å². The number of hydrogen-bond acceptors (Lipinski definition) is 5. The molecule has 0 aliphatic carbocycles. The van der Waals surface area contributed by atoms with Crippen molar-refractivity contribution in [2.75, 3.05) is 26.6 Å². The third-order valence-electron chi connectivity index (χ3n) is 4.18. The highest BCUT2D eigenvalue weighted by Gasteiger charge is 2.21. The van der Waals surface area contributed by atoms with Crippen molar-refractivity contribution in [1.29, 1.82) is 0 Å². The lowest BCUT2D eigenvalue weighted by Crippen LogP contribution is -2.14. The van der Waals surface area contributed by atoms with Crippen molar-refractivity contribution >= 4 is 34.9 Å². The number of amides is 1. The number of hydrogen-bond donors (Lipinski definition) is 1. The summed E-state index contributed by atoms with van der Waals surface area (Å²) < 4.78 is 17.6. The molecular weight excluding hydrogens is 417 g/mol. The first-order valence-corrected chi connectivity index (χ1v) is 9.30. The Morgan fingerprint density at radius 1 is 1.03 bits per heavy atom. The molecule has 0 spiro atoms. The van der Waals surface area contributed by atoms with Crippen molar-refractivity contribution < 1.29 is 19.0 Å². The van der Waals surface area contributed by atoms with Gasteiger partial charge in [-0.1, -0.05) is 29.3 Å². The van der Waals surface area contributed by atoms with Gasteiger partial charge in [0.1, 0.15) is 0 Å². The maximum Gasteiger partial charge on any atom is 0.260 e. The van der Waals surface area contributed by atoms with Gasteiger partial charge in [0.15, 0.2) is 17.3 Å². The Morgan fingerprint density at radius 2 is 1.79 bits per heavy atom. The minimum Gasteiger partial charge on any atom is -0.493 e. The summed E-state index contributed by atoms with van der Waals surface area (Å²) in [4.78, 5) is 12.7. The van der Waals surface area contributed by atoms with Crippen LogP contribution in [0.2, 0.25) is 10.0 Å². The largest absolute Gasteiger partial charge is 0.493 e. The predicted molar refractivity (Wildman–Crippen MR) is 112 cm³/mol. The van der Waals surface area contributed by atoms with Crippen LogP contribution in [0.4, 0.5) is 5.82 Å². The number of rotatable bonds is 7. The van der Waals surface area contributed by atoms with Gasteiger partial charge in [0.05, 0.1) is 33.4 Å². The van der Waals surface area contributed by atoms with E-state index in [9.17, 15) is 4.79 Å². The summed E-state index contributed by atoms with van der Waals surface area (Å²) in [6, 6.07) is 10.2. The number of nitrogens with zero attached hydrogens (tertiary/aromatic N) is 2. The molecule has 0 saturated carbocycles. The average molecular weight is 436 g/mol. The third-order valence-corrected chi connectivity index (χ3v) is 4.77. The highest BCUT2D eigenvalue weighted by molar-refractivity contribution is 6.35. The highest BCUT2D eigenvalue weighted by Crippen LogP contribution is 2.39. The molecule has 1 amide bonds. The van der Waals surface area contributed by atoms with E-state index in [0.717, 1.165) is 5.56 Å². The van der Waals surface area contributed by atoms with Gasteiger partial charge in [0, 0.05) is 22.3 Å². The molecular formula is C20H19Cl2N3O4. The van der Waals surface area contributed by atoms with Gasteiger partial charge < -0.3 is 19.5 Å². The second kappa shape index (κ2) is 9.07. The molecule has 0 radical (unpaired) electrons. The van der Waals surface area contributed by atoms with Gasteiger partial charge in [-0.15, -0.1) is 0 Å². The van der Waals surface area contributed by atoms with Gasteiger partial charge in [0.25, 0.3) is 5.91 Å². The van der Waals surface area contributed by atoms with Gasteiger partial charge in [-0.25, -0.2) is 0 Å². The molecule has 0 bridgehead atoms. The summed E-state index contributed by atoms with van der Waals surface area (Å²) in [5, 5.41) is 8.23. The molecule has 0 atom stereocenters. The van der Waals surface area contributed by atoms with E-state index in [0.29, 0.717) is 39.5 Å². The highest BCUT2D eigenvalue weighted by atomic mass is 35.5. The molecule has 0 aliphatic heterocycles. The number of anilines is 1. The van der Waals surface area contributed by atoms with Crippen LogP contribution >= 0.6 is 23.2 Å². The molecule has 1 aromatic heterocycles. The summed E-state index contributed by atoms with van der Waals surface area (Å²) in [5.74, 6) is 1.07. The topological polar surface area (TPSA) is 74.6 Å². The Bertz CT molecular complexity index is 1040. The lowest BCUT2D eigenvalue weighted by Gasteiger charge is -2.15. The molecule has 0 saturated heterocycles. The van der Waals surface area contributed by atoms with E-state index < -0.39 is 5.91 Å². The van der Waals surface area contributed by atoms with E-state index in [1.54, 1.807) is 41.2 Å². The first kappa shape index (κ1) is 20.8. The minimum absolute atomic E-state index is 0.275. The number of methoxy groups -OCH3 is 3. The number of carbonyl (C=O) groups is 1. The Kier molecular flexibility index (Phi) is 6.51. The molecule has 3 aromatic rings. The lowest BCUT2D eigenvalue weighted by atomic mass is 10.1. The molecule has 152 valence electrons. The van der Waals surface area contributed by atoms with Crippen LogP contribution in [0, 0.1) is 0 Å². The van der Waals surface area contributed by atoms with Crippen molar-refractivity contribution in [1.82, 2.24) is 9.78 Å². The van der Waals surface area contributed by atoms with Crippen LogP contribution in [0.15, 0.2) is 42.6 Å². The molecule has 3 rings (SSSR count). The Morgan fingerprint density at radius 3 is 2.45 bits per heavy atom. The zero-order valence-electron chi connectivity index (χ0n) is 16.0.